The van der Waals surface area contributed by atoms with Crippen LogP contribution in [0.1, 0.15) is 43.2 Å². The fourth-order valence-electron chi connectivity index (χ4n) is 15.8. The zero-order valence-electron chi connectivity index (χ0n) is 45.3. The van der Waals surface area contributed by atoms with E-state index in [-0.39, 0.29) is 5.41 Å². The summed E-state index contributed by atoms with van der Waals surface area (Å²) in [6.45, 7) is 0. The van der Waals surface area contributed by atoms with Crippen molar-refractivity contribution < 1.29 is 0 Å². The van der Waals surface area contributed by atoms with Crippen LogP contribution in [-0.2, 0) is 5.41 Å². The number of aromatic nitrogens is 1. The molecular formula is C79H60N2. The first-order chi connectivity index (χ1) is 40.1. The summed E-state index contributed by atoms with van der Waals surface area (Å²) in [5.74, 6) is 3.05. The van der Waals surface area contributed by atoms with Crippen LogP contribution < -0.4 is 4.90 Å². The summed E-state index contributed by atoms with van der Waals surface area (Å²) >= 11 is 0. The number of nitrogens with zero attached hydrogens (tertiary/aromatic N) is 2. The van der Waals surface area contributed by atoms with Crippen LogP contribution in [0.5, 0.6) is 0 Å². The minimum Gasteiger partial charge on any atom is -0.310 e. The maximum Gasteiger partial charge on any atom is 0.0473 e. The molecule has 1 heterocycles. The molecule has 4 bridgehead atoms. The molecular weight excluding hydrogens is 977 g/mol. The fraction of sp³-hybridized carbons (Fsp3) is 0.127. The van der Waals surface area contributed by atoms with Crippen LogP contribution in [0, 0.1) is 23.7 Å². The second kappa shape index (κ2) is 19.5. The van der Waals surface area contributed by atoms with E-state index in [9.17, 15) is 0 Å². The van der Waals surface area contributed by atoms with Crippen molar-refractivity contribution >= 4 is 27.8 Å². The Kier molecular flexibility index (Phi) is 11.4. The monoisotopic (exact) mass is 1040 g/mol. The summed E-state index contributed by atoms with van der Waals surface area (Å²) < 4.78 is 0. The molecule has 12 aromatic rings. The van der Waals surface area contributed by atoms with Gasteiger partial charge in [0, 0.05) is 34.9 Å². The molecule has 0 atom stereocenters. The Labute approximate surface area is 475 Å². The first kappa shape index (κ1) is 47.6. The van der Waals surface area contributed by atoms with Crippen molar-refractivity contribution in [2.45, 2.75) is 37.5 Å². The van der Waals surface area contributed by atoms with E-state index in [1.54, 1.807) is 11.1 Å². The third-order valence-corrected chi connectivity index (χ3v) is 19.2. The number of anilines is 3. The van der Waals surface area contributed by atoms with Gasteiger partial charge in [-0.15, -0.1) is 0 Å². The Morgan fingerprint density at radius 2 is 0.741 bits per heavy atom. The van der Waals surface area contributed by atoms with Gasteiger partial charge in [-0.05, 0) is 239 Å². The predicted molar refractivity (Wildman–Crippen MR) is 338 cm³/mol. The SMILES string of the molecule is c1ccc(-c2ccc(N(c3ccc(-c4ccc(-c5cc6c(cc5-c5ccncc5)-c5cc(-c7cccc8ccccc78)ccc5C65C6CC7CC(C6)CC5C7)cc4)cc3)c3cc(-c4ccccc4)cc(-c4ccccc4)c3)cc2)cc1. The molecule has 81 heavy (non-hydrogen) atoms. The highest BCUT2D eigenvalue weighted by Crippen LogP contribution is 2.70. The maximum absolute atomic E-state index is 4.51. The van der Waals surface area contributed by atoms with Gasteiger partial charge in [0.2, 0.25) is 0 Å². The Morgan fingerprint density at radius 1 is 0.284 bits per heavy atom. The fourth-order valence-corrected chi connectivity index (χ4v) is 15.8. The number of pyridine rings is 1. The highest BCUT2D eigenvalue weighted by Gasteiger charge is 2.61. The van der Waals surface area contributed by atoms with Crippen molar-refractivity contribution in [1.29, 1.82) is 0 Å². The van der Waals surface area contributed by atoms with Gasteiger partial charge in [-0.3, -0.25) is 4.98 Å². The molecule has 0 saturated heterocycles. The molecule has 1 spiro atoms. The van der Waals surface area contributed by atoms with Crippen LogP contribution in [0.4, 0.5) is 17.1 Å². The van der Waals surface area contributed by atoms with Crippen molar-refractivity contribution in [3.63, 3.8) is 0 Å². The number of hydrogen-bond acceptors (Lipinski definition) is 2. The van der Waals surface area contributed by atoms with E-state index in [1.165, 1.54) is 132 Å². The van der Waals surface area contributed by atoms with Gasteiger partial charge in [-0.25, -0.2) is 0 Å². The van der Waals surface area contributed by atoms with Crippen molar-refractivity contribution in [3.8, 4) is 89.0 Å². The highest BCUT2D eigenvalue weighted by atomic mass is 15.1. The van der Waals surface area contributed by atoms with Gasteiger partial charge < -0.3 is 4.90 Å². The smallest absolute Gasteiger partial charge is 0.0473 e. The van der Waals surface area contributed by atoms with Gasteiger partial charge in [0.15, 0.2) is 0 Å². The van der Waals surface area contributed by atoms with Crippen LogP contribution >= 0.6 is 0 Å². The van der Waals surface area contributed by atoms with Crippen LogP contribution in [0.15, 0.2) is 279 Å². The normalized spacial score (nSPS) is 19.2. The van der Waals surface area contributed by atoms with Gasteiger partial charge in [-0.2, -0.15) is 0 Å². The molecule has 0 aliphatic heterocycles. The molecule has 2 heteroatoms. The molecule has 17 rings (SSSR count). The van der Waals surface area contributed by atoms with Gasteiger partial charge >= 0.3 is 0 Å². The number of hydrogen-bond donors (Lipinski definition) is 0. The Hall–Kier alpha value is -9.37. The average molecular weight is 1040 g/mol. The Morgan fingerprint density at radius 3 is 1.33 bits per heavy atom. The topological polar surface area (TPSA) is 16.1 Å². The molecule has 5 aliphatic carbocycles. The van der Waals surface area contributed by atoms with E-state index < -0.39 is 0 Å². The number of fused-ring (bicyclic) bond motifs is 4. The van der Waals surface area contributed by atoms with Crippen molar-refractivity contribution in [3.05, 3.63) is 290 Å². The quantitative estimate of drug-likeness (QED) is 0.136. The summed E-state index contributed by atoms with van der Waals surface area (Å²) in [4.78, 5) is 6.92. The van der Waals surface area contributed by atoms with Crippen LogP contribution in [0.25, 0.3) is 99.8 Å². The summed E-state index contributed by atoms with van der Waals surface area (Å²) in [5, 5.41) is 2.59. The standard InChI is InChI=1S/C79H60N2/c1-4-13-54(14-5-1)58-27-32-68(33-28-58)81(70-47-64(55-15-6-2-7-16-55)46-65(48-70)56-17-8-3-9-18-56)69-34-29-59(30-35-69)57-23-25-61(26-24-57)74-51-78-76(50-73(74)62-37-39-80-40-38-62)75-49-63(72-22-12-20-60-19-10-11-21-71(60)72)31-36-77(75)79(78)66-42-52-41-53(44-66)45-67(79)43-52/h1-40,46-53,66-67H,41-45H2. The molecule has 1 aromatic heterocycles. The van der Waals surface area contributed by atoms with E-state index in [2.05, 4.69) is 277 Å². The number of benzene rings is 11. The van der Waals surface area contributed by atoms with Crippen LogP contribution in [-0.4, -0.2) is 4.98 Å². The molecule has 5 aliphatic rings. The summed E-state index contributed by atoms with van der Waals surface area (Å²) in [6.07, 6.45) is 10.7. The lowest BCUT2D eigenvalue weighted by molar-refractivity contribution is -0.0399. The first-order valence-electron chi connectivity index (χ1n) is 29.2. The van der Waals surface area contributed by atoms with Gasteiger partial charge in [0.1, 0.15) is 0 Å². The third-order valence-electron chi connectivity index (χ3n) is 19.2. The Bertz CT molecular complexity index is 4210. The summed E-state index contributed by atoms with van der Waals surface area (Å²) in [7, 11) is 0. The molecule has 0 N–H and O–H groups in total. The zero-order valence-corrected chi connectivity index (χ0v) is 45.3. The van der Waals surface area contributed by atoms with Crippen LogP contribution in [0.3, 0.4) is 0 Å². The maximum atomic E-state index is 4.51. The van der Waals surface area contributed by atoms with Gasteiger partial charge in [0.05, 0.1) is 0 Å². The minimum absolute atomic E-state index is 0.0202. The lowest BCUT2D eigenvalue weighted by Crippen LogP contribution is -2.55. The molecule has 0 unspecified atom stereocenters. The lowest BCUT2D eigenvalue weighted by Gasteiger charge is -2.61. The largest absolute Gasteiger partial charge is 0.310 e. The lowest BCUT2D eigenvalue weighted by atomic mass is 9.43. The zero-order chi connectivity index (χ0) is 53.4. The van der Waals surface area contributed by atoms with E-state index in [0.29, 0.717) is 11.8 Å². The number of rotatable bonds is 10. The first-order valence-corrected chi connectivity index (χ1v) is 29.2. The molecule has 0 amide bonds. The second-order valence-corrected chi connectivity index (χ2v) is 23.5. The Balaban J connectivity index is 0.798. The van der Waals surface area contributed by atoms with Crippen molar-refractivity contribution in [1.82, 2.24) is 4.98 Å². The molecule has 4 saturated carbocycles. The molecule has 2 nitrogen and oxygen atoms in total. The second-order valence-electron chi connectivity index (χ2n) is 23.5. The summed E-state index contributed by atoms with van der Waals surface area (Å²) in [5.41, 5.74) is 26.4. The molecule has 4 fully saturated rings. The predicted octanol–water partition coefficient (Wildman–Crippen LogP) is 21.1. The average Bonchev–Trinajstić information content (AvgIpc) is 2.69. The molecule has 386 valence electrons. The van der Waals surface area contributed by atoms with Gasteiger partial charge in [0.25, 0.3) is 0 Å². The minimum atomic E-state index is 0.0202. The van der Waals surface area contributed by atoms with E-state index >= 15 is 0 Å². The molecule has 11 aromatic carbocycles. The summed E-state index contributed by atoms with van der Waals surface area (Å²) in [6, 6.07) is 99.7. The van der Waals surface area contributed by atoms with E-state index in [0.717, 1.165) is 28.9 Å². The van der Waals surface area contributed by atoms with Crippen LogP contribution in [0.2, 0.25) is 0 Å². The van der Waals surface area contributed by atoms with E-state index in [4.69, 9.17) is 0 Å². The van der Waals surface area contributed by atoms with Crippen molar-refractivity contribution in [2.24, 2.45) is 23.7 Å². The molecule has 0 radical (unpaired) electrons. The third kappa shape index (κ3) is 8.10. The van der Waals surface area contributed by atoms with Crippen molar-refractivity contribution in [2.75, 3.05) is 4.90 Å². The highest BCUT2D eigenvalue weighted by molar-refractivity contribution is 6.00. The van der Waals surface area contributed by atoms with Gasteiger partial charge in [-0.1, -0.05) is 194 Å². The van der Waals surface area contributed by atoms with E-state index in [1.807, 2.05) is 12.4 Å².